The van der Waals surface area contributed by atoms with E-state index >= 15 is 0 Å². The molecule has 0 aliphatic heterocycles. The van der Waals surface area contributed by atoms with Gasteiger partial charge in [0.2, 0.25) is 0 Å². The van der Waals surface area contributed by atoms with E-state index in [9.17, 15) is 10.1 Å². The van der Waals surface area contributed by atoms with Crippen molar-refractivity contribution < 1.29 is 4.92 Å². The first-order chi connectivity index (χ1) is 8.18. The summed E-state index contributed by atoms with van der Waals surface area (Å²) in [6.45, 7) is 0. The minimum Gasteiger partial charge on any atom is -0.393 e. The summed E-state index contributed by atoms with van der Waals surface area (Å²) in [5.74, 6) is 0. The predicted octanol–water partition coefficient (Wildman–Crippen LogP) is 2.81. The Morgan fingerprint density at radius 1 is 1.12 bits per heavy atom. The van der Waals surface area contributed by atoms with Gasteiger partial charge in [-0.05, 0) is 18.2 Å². The van der Waals surface area contributed by atoms with Crippen molar-refractivity contribution in [3.8, 4) is 0 Å². The van der Waals surface area contributed by atoms with Gasteiger partial charge in [0.1, 0.15) is 11.2 Å². The van der Waals surface area contributed by atoms with Crippen molar-refractivity contribution in [2.24, 2.45) is 0 Å². The number of hydrogen-bond donors (Lipinski definition) is 2. The lowest BCUT2D eigenvalue weighted by molar-refractivity contribution is -0.382. The van der Waals surface area contributed by atoms with Crippen LogP contribution in [-0.2, 0) is 0 Å². The van der Waals surface area contributed by atoms with E-state index in [1.807, 2.05) is 24.3 Å². The molecule has 0 saturated carbocycles. The van der Waals surface area contributed by atoms with Crippen LogP contribution in [0.3, 0.4) is 0 Å². The maximum atomic E-state index is 11.0. The van der Waals surface area contributed by atoms with E-state index in [0.29, 0.717) is 5.52 Å². The van der Waals surface area contributed by atoms with Gasteiger partial charge in [-0.15, -0.1) is 0 Å². The maximum Gasteiger partial charge on any atom is 0.315 e. The number of nitro benzene ring substituents is 1. The predicted molar refractivity (Wildman–Crippen MR) is 66.9 cm³/mol. The van der Waals surface area contributed by atoms with Crippen molar-refractivity contribution in [3.05, 3.63) is 46.5 Å². The molecule has 0 aliphatic carbocycles. The smallest absolute Gasteiger partial charge is 0.315 e. The van der Waals surface area contributed by atoms with Crippen molar-refractivity contribution >= 4 is 33.2 Å². The molecule has 0 bridgehead atoms. The molecule has 3 rings (SSSR count). The number of nitro groups is 1. The van der Waals surface area contributed by atoms with Crippen LogP contribution < -0.4 is 5.73 Å². The van der Waals surface area contributed by atoms with Crippen molar-refractivity contribution in [1.82, 2.24) is 4.98 Å². The van der Waals surface area contributed by atoms with Crippen LogP contribution in [0.15, 0.2) is 36.4 Å². The molecule has 17 heavy (non-hydrogen) atoms. The van der Waals surface area contributed by atoms with E-state index in [1.54, 1.807) is 12.1 Å². The summed E-state index contributed by atoms with van der Waals surface area (Å²) in [5, 5.41) is 12.8. The van der Waals surface area contributed by atoms with Crippen LogP contribution in [0.2, 0.25) is 0 Å². The molecule has 0 fully saturated rings. The van der Waals surface area contributed by atoms with Crippen LogP contribution in [0, 0.1) is 10.1 Å². The molecule has 5 heteroatoms. The molecule has 84 valence electrons. The van der Waals surface area contributed by atoms with Gasteiger partial charge < -0.3 is 10.7 Å². The zero-order valence-corrected chi connectivity index (χ0v) is 8.81. The number of H-pyrrole nitrogens is 1. The highest BCUT2D eigenvalue weighted by molar-refractivity contribution is 6.11. The van der Waals surface area contributed by atoms with E-state index in [2.05, 4.69) is 4.98 Å². The summed E-state index contributed by atoms with van der Waals surface area (Å²) in [4.78, 5) is 13.6. The molecular formula is C12H9N3O2. The van der Waals surface area contributed by atoms with Gasteiger partial charge in [-0.1, -0.05) is 18.2 Å². The number of para-hydroxylation sites is 1. The molecule has 3 aromatic rings. The Bertz CT molecular complexity index is 746. The number of benzene rings is 2. The minimum atomic E-state index is -0.451. The van der Waals surface area contributed by atoms with Gasteiger partial charge in [-0.2, -0.15) is 0 Å². The molecule has 2 aromatic carbocycles. The first kappa shape index (κ1) is 9.65. The van der Waals surface area contributed by atoms with Crippen molar-refractivity contribution in [2.45, 2.75) is 0 Å². The molecule has 1 aromatic heterocycles. The Balaban J connectivity index is 2.56. The average molecular weight is 227 g/mol. The van der Waals surface area contributed by atoms with Crippen LogP contribution in [0.1, 0.15) is 0 Å². The van der Waals surface area contributed by atoms with E-state index in [1.165, 1.54) is 0 Å². The van der Waals surface area contributed by atoms with E-state index < -0.39 is 4.92 Å². The van der Waals surface area contributed by atoms with Crippen molar-refractivity contribution in [1.29, 1.82) is 0 Å². The van der Waals surface area contributed by atoms with Crippen LogP contribution >= 0.6 is 0 Å². The first-order valence-electron chi connectivity index (χ1n) is 5.12. The second-order valence-corrected chi connectivity index (χ2v) is 3.85. The molecule has 0 radical (unpaired) electrons. The number of rotatable bonds is 1. The molecule has 0 aliphatic rings. The largest absolute Gasteiger partial charge is 0.393 e. The molecule has 0 unspecified atom stereocenters. The second-order valence-electron chi connectivity index (χ2n) is 3.85. The fraction of sp³-hybridized carbons (Fsp3) is 0. The number of nitrogen functional groups attached to an aromatic ring is 1. The summed E-state index contributed by atoms with van der Waals surface area (Å²) in [5.41, 5.74) is 7.12. The van der Waals surface area contributed by atoms with Crippen LogP contribution in [0.5, 0.6) is 0 Å². The SMILES string of the molecule is Nc1ccc2c([nH]c3ccccc32)c1[N+](=O)[O-]. The number of hydrogen-bond acceptors (Lipinski definition) is 3. The standard InChI is InChI=1S/C12H9N3O2/c13-9-6-5-8-7-3-1-2-4-10(7)14-11(8)12(9)15(16)17/h1-6,14H,13H2. The van der Waals surface area contributed by atoms with Gasteiger partial charge in [0.25, 0.3) is 0 Å². The summed E-state index contributed by atoms with van der Waals surface area (Å²) < 4.78 is 0. The van der Waals surface area contributed by atoms with Crippen molar-refractivity contribution in [3.63, 3.8) is 0 Å². The number of fused-ring (bicyclic) bond motifs is 3. The number of aromatic nitrogens is 1. The Hall–Kier alpha value is -2.56. The zero-order valence-electron chi connectivity index (χ0n) is 8.81. The van der Waals surface area contributed by atoms with Crippen LogP contribution in [0.25, 0.3) is 21.8 Å². The van der Waals surface area contributed by atoms with E-state index in [4.69, 9.17) is 5.73 Å². The van der Waals surface area contributed by atoms with Gasteiger partial charge in [0.15, 0.2) is 0 Å². The first-order valence-corrected chi connectivity index (χ1v) is 5.12. The molecule has 0 atom stereocenters. The lowest BCUT2D eigenvalue weighted by Crippen LogP contribution is -1.96. The normalized spacial score (nSPS) is 11.1. The third-order valence-electron chi connectivity index (χ3n) is 2.87. The lowest BCUT2D eigenvalue weighted by Gasteiger charge is -1.97. The van der Waals surface area contributed by atoms with Crippen LogP contribution in [0.4, 0.5) is 11.4 Å². The van der Waals surface area contributed by atoms with Gasteiger partial charge in [-0.3, -0.25) is 10.1 Å². The third kappa shape index (κ3) is 1.25. The summed E-state index contributed by atoms with van der Waals surface area (Å²) in [7, 11) is 0. The van der Waals surface area contributed by atoms with Crippen molar-refractivity contribution in [2.75, 3.05) is 5.73 Å². The Kier molecular flexibility index (Phi) is 1.82. The van der Waals surface area contributed by atoms with Gasteiger partial charge in [-0.25, -0.2) is 0 Å². The van der Waals surface area contributed by atoms with E-state index in [-0.39, 0.29) is 11.4 Å². The van der Waals surface area contributed by atoms with Crippen LogP contribution in [-0.4, -0.2) is 9.91 Å². The number of nitrogens with two attached hydrogens (primary N) is 1. The monoisotopic (exact) mass is 227 g/mol. The van der Waals surface area contributed by atoms with Gasteiger partial charge in [0.05, 0.1) is 4.92 Å². The summed E-state index contributed by atoms with van der Waals surface area (Å²) >= 11 is 0. The van der Waals surface area contributed by atoms with Gasteiger partial charge >= 0.3 is 5.69 Å². The second kappa shape index (κ2) is 3.21. The topological polar surface area (TPSA) is 85.0 Å². The highest BCUT2D eigenvalue weighted by Crippen LogP contribution is 2.35. The molecular weight excluding hydrogens is 218 g/mol. The van der Waals surface area contributed by atoms with Gasteiger partial charge in [0, 0.05) is 16.3 Å². The third-order valence-corrected chi connectivity index (χ3v) is 2.87. The Labute approximate surface area is 96.0 Å². The highest BCUT2D eigenvalue weighted by atomic mass is 16.6. The number of nitrogens with one attached hydrogen (secondary N) is 1. The summed E-state index contributed by atoms with van der Waals surface area (Å²) in [6, 6.07) is 11.0. The molecule has 3 N–H and O–H groups in total. The van der Waals surface area contributed by atoms with E-state index in [0.717, 1.165) is 16.3 Å². The minimum absolute atomic E-state index is 0.0568. The molecule has 1 heterocycles. The average Bonchev–Trinajstić information content (AvgIpc) is 2.66. The lowest BCUT2D eigenvalue weighted by atomic mass is 10.1. The number of nitrogens with zero attached hydrogens (tertiary/aromatic N) is 1. The molecule has 0 saturated heterocycles. The quantitative estimate of drug-likeness (QED) is 0.381. The molecule has 0 spiro atoms. The Morgan fingerprint density at radius 2 is 1.88 bits per heavy atom. The fourth-order valence-electron chi connectivity index (χ4n) is 2.12. The zero-order chi connectivity index (χ0) is 12.0. The maximum absolute atomic E-state index is 11.0. The number of aromatic amines is 1. The Morgan fingerprint density at radius 3 is 2.65 bits per heavy atom. The number of anilines is 1. The highest BCUT2D eigenvalue weighted by Gasteiger charge is 2.19. The molecule has 0 amide bonds. The fourth-order valence-corrected chi connectivity index (χ4v) is 2.12. The summed E-state index contributed by atoms with van der Waals surface area (Å²) in [6.07, 6.45) is 0. The molecule has 5 nitrogen and oxygen atoms in total.